The third-order valence-electron chi connectivity index (χ3n) is 4.55. The molecule has 0 saturated carbocycles. The van der Waals surface area contributed by atoms with Gasteiger partial charge in [0.05, 0.1) is 28.8 Å². The number of aryl methyl sites for hydroxylation is 1. The van der Waals surface area contributed by atoms with Crippen LogP contribution in [0.1, 0.15) is 13.3 Å². The Morgan fingerprint density at radius 3 is 3.04 bits per heavy atom. The summed E-state index contributed by atoms with van der Waals surface area (Å²) in [5, 5.41) is 9.98. The summed E-state index contributed by atoms with van der Waals surface area (Å²) in [6.45, 7) is 2.95. The first-order valence-electron chi connectivity index (χ1n) is 8.32. The average Bonchev–Trinajstić information content (AvgIpc) is 3.32. The van der Waals surface area contributed by atoms with Crippen LogP contribution in [0.15, 0.2) is 30.6 Å². The summed E-state index contributed by atoms with van der Waals surface area (Å²) in [5.41, 5.74) is 2.28. The predicted octanol–water partition coefficient (Wildman–Crippen LogP) is 2.42. The maximum Gasteiger partial charge on any atom is 0.232 e. The van der Waals surface area contributed by atoms with Crippen molar-refractivity contribution in [3.63, 3.8) is 0 Å². The minimum Gasteiger partial charge on any atom is -0.310 e. The summed E-state index contributed by atoms with van der Waals surface area (Å²) in [7, 11) is 0. The Hall–Kier alpha value is -2.87. The highest BCUT2D eigenvalue weighted by molar-refractivity contribution is 6.31. The fourth-order valence-electron chi connectivity index (χ4n) is 3.26. The monoisotopic (exact) mass is 372 g/mol. The number of aromatic nitrogens is 4. The van der Waals surface area contributed by atoms with Gasteiger partial charge in [0.15, 0.2) is 0 Å². The highest BCUT2D eigenvalue weighted by Gasteiger charge is 2.36. The SMILES string of the molecule is CCn1c(NC(=O)C2CC(=O)N(c3cn[nH]c3)C2)nc2cc(Cl)ccc21. The van der Waals surface area contributed by atoms with E-state index in [4.69, 9.17) is 11.6 Å². The lowest BCUT2D eigenvalue weighted by Gasteiger charge is -2.14. The second-order valence-corrected chi connectivity index (χ2v) is 6.60. The number of aromatic amines is 1. The summed E-state index contributed by atoms with van der Waals surface area (Å²) >= 11 is 6.03. The molecule has 1 fully saturated rings. The molecule has 0 spiro atoms. The minimum absolute atomic E-state index is 0.0951. The van der Waals surface area contributed by atoms with Crippen LogP contribution < -0.4 is 10.2 Å². The molecule has 9 heteroatoms. The molecule has 1 atom stereocenters. The van der Waals surface area contributed by atoms with Gasteiger partial charge in [-0.1, -0.05) is 11.6 Å². The van der Waals surface area contributed by atoms with Crippen molar-refractivity contribution in [2.75, 3.05) is 16.8 Å². The van der Waals surface area contributed by atoms with Crippen molar-refractivity contribution in [2.45, 2.75) is 19.9 Å². The molecule has 0 radical (unpaired) electrons. The summed E-state index contributed by atoms with van der Waals surface area (Å²) < 4.78 is 1.91. The second-order valence-electron chi connectivity index (χ2n) is 6.16. The molecule has 1 unspecified atom stereocenters. The van der Waals surface area contributed by atoms with E-state index in [2.05, 4.69) is 20.5 Å². The molecule has 0 bridgehead atoms. The van der Waals surface area contributed by atoms with Gasteiger partial charge >= 0.3 is 0 Å². The number of carbonyl (C=O) groups is 2. The number of amides is 2. The number of H-pyrrole nitrogens is 1. The molecule has 4 rings (SSSR count). The number of imidazole rings is 1. The van der Waals surface area contributed by atoms with Gasteiger partial charge in [-0.2, -0.15) is 5.10 Å². The Kier molecular flexibility index (Phi) is 4.12. The number of fused-ring (bicyclic) bond motifs is 1. The third-order valence-corrected chi connectivity index (χ3v) is 4.79. The van der Waals surface area contributed by atoms with Crippen LogP contribution in [0.25, 0.3) is 11.0 Å². The molecule has 0 aliphatic carbocycles. The molecular weight excluding hydrogens is 356 g/mol. The summed E-state index contributed by atoms with van der Waals surface area (Å²) in [5.74, 6) is -0.294. The smallest absolute Gasteiger partial charge is 0.232 e. The van der Waals surface area contributed by atoms with E-state index in [9.17, 15) is 9.59 Å². The van der Waals surface area contributed by atoms with Crippen LogP contribution in [0.2, 0.25) is 5.02 Å². The van der Waals surface area contributed by atoms with Crippen molar-refractivity contribution in [3.8, 4) is 0 Å². The Morgan fingerprint density at radius 2 is 2.31 bits per heavy atom. The number of anilines is 2. The minimum atomic E-state index is -0.439. The van der Waals surface area contributed by atoms with Crippen molar-refractivity contribution in [3.05, 3.63) is 35.6 Å². The zero-order valence-electron chi connectivity index (χ0n) is 14.1. The van der Waals surface area contributed by atoms with E-state index >= 15 is 0 Å². The Labute approximate surface area is 154 Å². The molecule has 1 aliphatic heterocycles. The number of rotatable bonds is 4. The van der Waals surface area contributed by atoms with E-state index in [0.29, 0.717) is 29.7 Å². The first kappa shape index (κ1) is 16.6. The fourth-order valence-corrected chi connectivity index (χ4v) is 3.42. The number of halogens is 1. The maximum atomic E-state index is 12.7. The van der Waals surface area contributed by atoms with Gasteiger partial charge in [0.1, 0.15) is 0 Å². The zero-order chi connectivity index (χ0) is 18.3. The van der Waals surface area contributed by atoms with Crippen molar-refractivity contribution >= 4 is 46.1 Å². The number of nitrogens with one attached hydrogen (secondary N) is 2. The van der Waals surface area contributed by atoms with Gasteiger partial charge in [-0.05, 0) is 25.1 Å². The average molecular weight is 373 g/mol. The molecule has 1 aromatic carbocycles. The van der Waals surface area contributed by atoms with E-state index in [1.165, 1.54) is 0 Å². The van der Waals surface area contributed by atoms with Crippen LogP contribution in [-0.4, -0.2) is 38.1 Å². The molecule has 2 amide bonds. The van der Waals surface area contributed by atoms with Gasteiger partial charge < -0.3 is 9.47 Å². The number of benzene rings is 1. The van der Waals surface area contributed by atoms with Gasteiger partial charge in [-0.25, -0.2) is 4.98 Å². The van der Waals surface area contributed by atoms with Gasteiger partial charge in [0.25, 0.3) is 0 Å². The van der Waals surface area contributed by atoms with Crippen molar-refractivity contribution in [2.24, 2.45) is 5.92 Å². The lowest BCUT2D eigenvalue weighted by Crippen LogP contribution is -2.28. The van der Waals surface area contributed by atoms with Crippen LogP contribution in [-0.2, 0) is 16.1 Å². The van der Waals surface area contributed by atoms with Crippen molar-refractivity contribution in [1.29, 1.82) is 0 Å². The normalized spacial score (nSPS) is 17.2. The molecule has 26 heavy (non-hydrogen) atoms. The van der Waals surface area contributed by atoms with E-state index in [1.807, 2.05) is 17.6 Å². The zero-order valence-corrected chi connectivity index (χ0v) is 14.8. The summed E-state index contributed by atoms with van der Waals surface area (Å²) in [4.78, 5) is 30.9. The summed E-state index contributed by atoms with van der Waals surface area (Å²) in [6, 6.07) is 5.43. The first-order valence-corrected chi connectivity index (χ1v) is 8.70. The molecule has 2 N–H and O–H groups in total. The van der Waals surface area contributed by atoms with Crippen molar-refractivity contribution in [1.82, 2.24) is 19.7 Å². The number of hydrogen-bond acceptors (Lipinski definition) is 4. The molecule has 2 aromatic heterocycles. The lowest BCUT2D eigenvalue weighted by molar-refractivity contribution is -0.122. The van der Waals surface area contributed by atoms with Crippen LogP contribution in [0.4, 0.5) is 11.6 Å². The number of carbonyl (C=O) groups excluding carboxylic acids is 2. The van der Waals surface area contributed by atoms with Crippen LogP contribution in [0.3, 0.4) is 0 Å². The van der Waals surface area contributed by atoms with Gasteiger partial charge in [0, 0.05) is 30.7 Å². The number of nitrogens with zero attached hydrogens (tertiary/aromatic N) is 4. The van der Waals surface area contributed by atoms with Crippen LogP contribution >= 0.6 is 11.6 Å². The van der Waals surface area contributed by atoms with E-state index in [0.717, 1.165) is 11.0 Å². The topological polar surface area (TPSA) is 95.9 Å². The molecule has 3 aromatic rings. The first-order chi connectivity index (χ1) is 12.6. The molecule has 1 saturated heterocycles. The molecule has 3 heterocycles. The molecule has 1 aliphatic rings. The Balaban J connectivity index is 1.55. The predicted molar refractivity (Wildman–Crippen MR) is 98.1 cm³/mol. The van der Waals surface area contributed by atoms with E-state index in [-0.39, 0.29) is 18.2 Å². The standard InChI is InChI=1S/C17H17ClN6O2/c1-2-23-14-4-3-11(18)6-13(14)21-17(23)22-16(26)10-5-15(25)24(9-10)12-7-19-20-8-12/h3-4,6-8,10H,2,5,9H2,1H3,(H,19,20)(H,21,22,26). The molecular formula is C17H17ClN6O2. The van der Waals surface area contributed by atoms with E-state index in [1.54, 1.807) is 29.4 Å². The Bertz CT molecular complexity index is 981. The molecule has 134 valence electrons. The lowest BCUT2D eigenvalue weighted by atomic mass is 10.1. The third kappa shape index (κ3) is 2.82. The van der Waals surface area contributed by atoms with Crippen molar-refractivity contribution < 1.29 is 9.59 Å². The van der Waals surface area contributed by atoms with Crippen LogP contribution in [0.5, 0.6) is 0 Å². The maximum absolute atomic E-state index is 12.7. The number of hydrogen-bond donors (Lipinski definition) is 2. The Morgan fingerprint density at radius 1 is 1.46 bits per heavy atom. The molecule has 8 nitrogen and oxygen atoms in total. The van der Waals surface area contributed by atoms with Gasteiger partial charge in [0.2, 0.25) is 17.8 Å². The second kappa shape index (κ2) is 6.45. The van der Waals surface area contributed by atoms with Gasteiger partial charge in [-0.15, -0.1) is 0 Å². The largest absolute Gasteiger partial charge is 0.310 e. The highest BCUT2D eigenvalue weighted by atomic mass is 35.5. The van der Waals surface area contributed by atoms with Gasteiger partial charge in [-0.3, -0.25) is 20.0 Å². The van der Waals surface area contributed by atoms with Crippen LogP contribution in [0, 0.1) is 5.92 Å². The fraction of sp³-hybridized carbons (Fsp3) is 0.294. The highest BCUT2D eigenvalue weighted by Crippen LogP contribution is 2.27. The summed E-state index contributed by atoms with van der Waals surface area (Å²) in [6.07, 6.45) is 3.37. The van der Waals surface area contributed by atoms with E-state index < -0.39 is 5.92 Å². The quantitative estimate of drug-likeness (QED) is 0.735.